The molecular formula is C27H27N5O5S. The zero-order chi connectivity index (χ0) is 26.8. The van der Waals surface area contributed by atoms with Crippen LogP contribution in [0.25, 0.3) is 16.8 Å². The van der Waals surface area contributed by atoms with Crippen LogP contribution >= 0.6 is 0 Å². The van der Waals surface area contributed by atoms with Gasteiger partial charge in [0.1, 0.15) is 5.82 Å². The number of hydrogen-bond acceptors (Lipinski definition) is 8. The fourth-order valence-corrected chi connectivity index (χ4v) is 7.29. The number of nitrogens with zero attached hydrogens (tertiary/aromatic N) is 5. The zero-order valence-electron chi connectivity index (χ0n) is 21.3. The lowest BCUT2D eigenvalue weighted by Gasteiger charge is -2.16. The molecule has 11 heteroatoms. The molecular weight excluding hydrogens is 506 g/mol. The van der Waals surface area contributed by atoms with Crippen LogP contribution in [-0.4, -0.2) is 39.1 Å². The molecule has 1 aliphatic carbocycles. The van der Waals surface area contributed by atoms with E-state index in [0.717, 1.165) is 30.7 Å². The van der Waals surface area contributed by atoms with E-state index in [1.165, 1.54) is 17.3 Å². The first-order chi connectivity index (χ1) is 18.2. The first-order valence-corrected chi connectivity index (χ1v) is 14.1. The Hall–Kier alpha value is -3.86. The van der Waals surface area contributed by atoms with E-state index in [0.29, 0.717) is 34.7 Å². The van der Waals surface area contributed by atoms with Gasteiger partial charge in [0.2, 0.25) is 5.43 Å². The highest BCUT2D eigenvalue weighted by Crippen LogP contribution is 2.46. The van der Waals surface area contributed by atoms with Crippen LogP contribution in [0, 0.1) is 18.8 Å². The lowest BCUT2D eigenvalue weighted by molar-refractivity contribution is 0.390. The van der Waals surface area contributed by atoms with Crippen molar-refractivity contribution in [1.82, 2.24) is 23.6 Å². The Morgan fingerprint density at radius 2 is 1.82 bits per heavy atom. The summed E-state index contributed by atoms with van der Waals surface area (Å²) in [7, 11) is -2.44. The minimum Gasteiger partial charge on any atom is -0.492 e. The Morgan fingerprint density at radius 1 is 1.05 bits per heavy atom. The maximum absolute atomic E-state index is 13.4. The summed E-state index contributed by atoms with van der Waals surface area (Å²) < 4.78 is 35.1. The first-order valence-electron chi connectivity index (χ1n) is 12.6. The van der Waals surface area contributed by atoms with Crippen molar-refractivity contribution in [3.63, 3.8) is 0 Å². The van der Waals surface area contributed by atoms with E-state index >= 15 is 0 Å². The number of methoxy groups -OCH3 is 1. The second kappa shape index (κ2) is 8.87. The average Bonchev–Trinajstić information content (AvgIpc) is 3.64. The van der Waals surface area contributed by atoms with Crippen molar-refractivity contribution >= 4 is 26.8 Å². The van der Waals surface area contributed by atoms with E-state index in [4.69, 9.17) is 4.74 Å². The molecule has 1 aliphatic rings. The molecule has 1 saturated carbocycles. The fourth-order valence-electron chi connectivity index (χ4n) is 5.99. The normalized spacial score (nSPS) is 20.1. The molecule has 1 unspecified atom stereocenters. The fraction of sp³-hybridized carbons (Fsp3) is 0.370. The quantitative estimate of drug-likeness (QED) is 0.292. The lowest BCUT2D eigenvalue weighted by atomic mass is 9.93. The van der Waals surface area contributed by atoms with Gasteiger partial charge in [0.25, 0.3) is 15.5 Å². The van der Waals surface area contributed by atoms with Crippen LogP contribution in [0.2, 0.25) is 0 Å². The van der Waals surface area contributed by atoms with Gasteiger partial charge < -0.3 is 4.74 Å². The Balaban J connectivity index is 1.39. The third-order valence-corrected chi connectivity index (χ3v) is 9.63. The van der Waals surface area contributed by atoms with E-state index in [9.17, 15) is 18.0 Å². The van der Waals surface area contributed by atoms with Crippen molar-refractivity contribution in [3.8, 4) is 5.75 Å². The summed E-state index contributed by atoms with van der Waals surface area (Å²) in [5, 5.41) is 8.87. The van der Waals surface area contributed by atoms with Crippen LogP contribution in [0.5, 0.6) is 5.75 Å². The topological polar surface area (TPSA) is 126 Å². The molecule has 10 nitrogen and oxygen atoms in total. The van der Waals surface area contributed by atoms with Crippen molar-refractivity contribution in [1.29, 1.82) is 0 Å². The van der Waals surface area contributed by atoms with Gasteiger partial charge in [-0.25, -0.2) is 17.4 Å². The summed E-state index contributed by atoms with van der Waals surface area (Å²) in [6.07, 6.45) is 6.13. The van der Waals surface area contributed by atoms with Gasteiger partial charge in [-0.3, -0.25) is 14.0 Å². The zero-order valence-corrected chi connectivity index (χ0v) is 22.1. The smallest absolute Gasteiger partial charge is 0.269 e. The summed E-state index contributed by atoms with van der Waals surface area (Å²) in [4.78, 5) is 28.5. The van der Waals surface area contributed by atoms with Crippen LogP contribution in [0.4, 0.5) is 0 Å². The minimum atomic E-state index is -3.85. The summed E-state index contributed by atoms with van der Waals surface area (Å²) in [5.41, 5.74) is 1.91. The molecule has 0 amide bonds. The van der Waals surface area contributed by atoms with Crippen LogP contribution < -0.4 is 15.6 Å². The molecule has 0 radical (unpaired) electrons. The summed E-state index contributed by atoms with van der Waals surface area (Å²) in [6, 6.07) is 8.45. The highest BCUT2D eigenvalue weighted by molar-refractivity contribution is 7.90. The molecule has 0 saturated heterocycles. The number of rotatable bonds is 7. The Morgan fingerprint density at radius 3 is 2.53 bits per heavy atom. The van der Waals surface area contributed by atoms with Crippen molar-refractivity contribution in [3.05, 3.63) is 80.1 Å². The highest BCUT2D eigenvalue weighted by Gasteiger charge is 2.39. The molecule has 0 spiro atoms. The first kappa shape index (κ1) is 24.5. The van der Waals surface area contributed by atoms with Crippen molar-refractivity contribution in [2.45, 2.75) is 50.3 Å². The Labute approximate surface area is 218 Å². The molecule has 196 valence electrons. The molecule has 3 aromatic heterocycles. The van der Waals surface area contributed by atoms with Crippen LogP contribution in [0.1, 0.15) is 49.1 Å². The Bertz CT molecular complexity index is 1860. The monoisotopic (exact) mass is 533 g/mol. The largest absolute Gasteiger partial charge is 0.492 e. The molecule has 2 aromatic carbocycles. The Kier molecular flexibility index (Phi) is 5.71. The molecule has 0 bridgehead atoms. The predicted molar refractivity (Wildman–Crippen MR) is 141 cm³/mol. The molecule has 3 atom stereocenters. The highest BCUT2D eigenvalue weighted by atomic mass is 32.2. The molecule has 38 heavy (non-hydrogen) atoms. The molecule has 6 rings (SSSR count). The summed E-state index contributed by atoms with van der Waals surface area (Å²) >= 11 is 0. The molecule has 0 aliphatic heterocycles. The van der Waals surface area contributed by atoms with E-state index in [1.54, 1.807) is 36.5 Å². The van der Waals surface area contributed by atoms with Gasteiger partial charge in [-0.05, 0) is 56.2 Å². The number of fused-ring (bicyclic) bond motifs is 3. The maximum atomic E-state index is 13.4. The van der Waals surface area contributed by atoms with Crippen LogP contribution in [-0.2, 0) is 16.4 Å². The van der Waals surface area contributed by atoms with Gasteiger partial charge in [0.05, 0.1) is 29.3 Å². The average molecular weight is 534 g/mol. The number of benzene rings is 1. The summed E-state index contributed by atoms with van der Waals surface area (Å²) in [6.45, 7) is 4.03. The third kappa shape index (κ3) is 3.59. The van der Waals surface area contributed by atoms with E-state index in [2.05, 4.69) is 22.1 Å². The minimum absolute atomic E-state index is 0.0557. The number of hydrogen-bond donors (Lipinski definition) is 0. The van der Waals surface area contributed by atoms with Crippen molar-refractivity contribution in [2.24, 2.45) is 11.8 Å². The molecule has 1 fully saturated rings. The molecule has 0 N–H and O–H groups in total. The number of ether oxygens (including phenoxy) is 1. The SMILES string of the molecule is CC[C@@H]1C[C@H](Cc2c(OC)c(=O)c2=O)CC1c1nnc2cnc3c(ccn3S(=O)(=O)c3ccc(C)cc3)n12. The molecule has 3 heterocycles. The van der Waals surface area contributed by atoms with Gasteiger partial charge in [-0.1, -0.05) is 31.0 Å². The maximum Gasteiger partial charge on any atom is 0.269 e. The van der Waals surface area contributed by atoms with Gasteiger partial charge in [0, 0.05) is 12.1 Å². The van der Waals surface area contributed by atoms with Crippen molar-refractivity contribution in [2.75, 3.05) is 7.11 Å². The van der Waals surface area contributed by atoms with E-state index < -0.39 is 20.9 Å². The van der Waals surface area contributed by atoms with E-state index in [1.807, 2.05) is 11.3 Å². The predicted octanol–water partition coefficient (Wildman–Crippen LogP) is 2.99. The van der Waals surface area contributed by atoms with Gasteiger partial charge in [-0.15, -0.1) is 10.2 Å². The summed E-state index contributed by atoms with van der Waals surface area (Å²) in [5.74, 6) is 1.48. The standard InChI is InChI=1S/C27H27N5O5S/c1-4-17-11-16(13-20-23(33)24(34)25(20)37-3)12-19(17)26-30-29-22-14-28-27-21(32(22)26)9-10-31(27)38(35,36)18-7-5-15(2)6-8-18/h5-10,14,16-17,19H,4,11-13H2,1-3H3/t16-,17+,19?/m0/s1. The lowest BCUT2D eigenvalue weighted by Crippen LogP contribution is -2.37. The van der Waals surface area contributed by atoms with Gasteiger partial charge >= 0.3 is 0 Å². The number of aryl methyl sites for hydroxylation is 1. The second-order valence-corrected chi connectivity index (χ2v) is 11.9. The van der Waals surface area contributed by atoms with Gasteiger partial charge in [-0.2, -0.15) is 0 Å². The van der Waals surface area contributed by atoms with Crippen LogP contribution in [0.3, 0.4) is 0 Å². The number of aromatic nitrogens is 5. The second-order valence-electron chi connectivity index (χ2n) is 10.1. The van der Waals surface area contributed by atoms with E-state index in [-0.39, 0.29) is 22.5 Å². The third-order valence-electron chi connectivity index (χ3n) is 7.95. The van der Waals surface area contributed by atoms with Crippen LogP contribution in [0.15, 0.2) is 57.2 Å². The van der Waals surface area contributed by atoms with Crippen molar-refractivity contribution < 1.29 is 13.2 Å². The molecule has 5 aromatic rings. The van der Waals surface area contributed by atoms with Gasteiger partial charge in [0.15, 0.2) is 17.0 Å².